The highest BCUT2D eigenvalue weighted by Gasteiger charge is 1.97. The Morgan fingerprint density at radius 1 is 1.00 bits per heavy atom. The molecule has 2 aromatic rings. The highest BCUT2D eigenvalue weighted by molar-refractivity contribution is 5.69. The number of hydrogen-bond acceptors (Lipinski definition) is 4. The molecule has 0 aliphatic heterocycles. The molecule has 0 saturated heterocycles. The van der Waals surface area contributed by atoms with Crippen LogP contribution in [0, 0.1) is 0 Å². The number of nitrogens with zero attached hydrogens (tertiary/aromatic N) is 2. The van der Waals surface area contributed by atoms with Crippen molar-refractivity contribution in [3.8, 4) is 11.5 Å². The number of benzene rings is 2. The van der Waals surface area contributed by atoms with Crippen LogP contribution in [0.4, 0.5) is 5.69 Å². The number of carboxylic acid groups (broad SMARTS) is 1. The molecule has 19 heavy (non-hydrogen) atoms. The smallest absolute Gasteiger partial charge is 0.327 e. The third-order valence-electron chi connectivity index (χ3n) is 2.21. The van der Waals surface area contributed by atoms with Crippen LogP contribution in [0.1, 0.15) is 0 Å². The molecule has 0 aromatic heterocycles. The lowest BCUT2D eigenvalue weighted by Crippen LogP contribution is -1.97. The van der Waals surface area contributed by atoms with E-state index in [0.29, 0.717) is 11.4 Å². The van der Waals surface area contributed by atoms with E-state index < -0.39 is 5.97 Å². The molecule has 0 radical (unpaired) electrons. The van der Waals surface area contributed by atoms with Gasteiger partial charge in [0.05, 0.1) is 5.69 Å². The minimum Gasteiger partial charge on any atom is -0.480 e. The maximum Gasteiger partial charge on any atom is 0.327 e. The fourth-order valence-electron chi connectivity index (χ4n) is 1.38. The van der Waals surface area contributed by atoms with Crippen molar-refractivity contribution >= 4 is 11.7 Å². The summed E-state index contributed by atoms with van der Waals surface area (Å²) in [6.45, 7) is -0.331. The summed E-state index contributed by atoms with van der Waals surface area (Å²) in [5.74, 6) is 0.430. The number of hydrogen-bond donors (Lipinski definition) is 1. The van der Waals surface area contributed by atoms with Gasteiger partial charge >= 0.3 is 5.97 Å². The van der Waals surface area contributed by atoms with Gasteiger partial charge in [0, 0.05) is 0 Å². The Kier molecular flexibility index (Phi) is 4.23. The number of para-hydroxylation sites is 1. The minimum atomic E-state index is -1.01. The van der Waals surface area contributed by atoms with Gasteiger partial charge < -0.3 is 9.84 Å². The molecule has 0 unspecified atom stereocenters. The summed E-state index contributed by atoms with van der Waals surface area (Å²) in [5, 5.41) is 15.7. The lowest BCUT2D eigenvalue weighted by molar-refractivity contribution is -0.135. The van der Waals surface area contributed by atoms with Gasteiger partial charge in [-0.1, -0.05) is 18.2 Å². The normalized spacial score (nSPS) is 10.5. The van der Waals surface area contributed by atoms with Crippen LogP contribution in [0.25, 0.3) is 0 Å². The second-order valence-electron chi connectivity index (χ2n) is 3.70. The lowest BCUT2D eigenvalue weighted by atomic mass is 10.3. The molecule has 0 amide bonds. The van der Waals surface area contributed by atoms with Crippen molar-refractivity contribution in [3.05, 3.63) is 54.6 Å². The minimum absolute atomic E-state index is 0.331. The van der Waals surface area contributed by atoms with Crippen LogP contribution in [0.5, 0.6) is 11.5 Å². The highest BCUT2D eigenvalue weighted by atomic mass is 16.5. The van der Waals surface area contributed by atoms with E-state index >= 15 is 0 Å². The van der Waals surface area contributed by atoms with Crippen molar-refractivity contribution in [1.82, 2.24) is 0 Å². The summed E-state index contributed by atoms with van der Waals surface area (Å²) in [4.78, 5) is 10.3. The molecule has 0 fully saturated rings. The van der Waals surface area contributed by atoms with Crippen LogP contribution >= 0.6 is 0 Å². The molecule has 0 aliphatic carbocycles. The summed E-state index contributed by atoms with van der Waals surface area (Å²) < 4.78 is 5.61. The maximum absolute atomic E-state index is 10.3. The first-order valence-electron chi connectivity index (χ1n) is 5.66. The standard InChI is InChI=1S/C14H12N2O3/c17-14(18)10-15-16-11-6-8-13(9-7-11)19-12-4-2-1-3-5-12/h1-9H,10H2,(H,17,18). The molecule has 0 atom stereocenters. The van der Waals surface area contributed by atoms with Gasteiger partial charge in [-0.2, -0.15) is 10.2 Å². The predicted molar refractivity (Wildman–Crippen MR) is 70.0 cm³/mol. The molecule has 2 rings (SSSR count). The summed E-state index contributed by atoms with van der Waals surface area (Å²) in [6.07, 6.45) is 0. The van der Waals surface area contributed by atoms with Crippen molar-refractivity contribution in [2.75, 3.05) is 6.54 Å². The zero-order valence-electron chi connectivity index (χ0n) is 10.1. The first kappa shape index (κ1) is 12.8. The summed E-state index contributed by atoms with van der Waals surface area (Å²) >= 11 is 0. The van der Waals surface area contributed by atoms with Crippen LogP contribution in [-0.2, 0) is 4.79 Å². The van der Waals surface area contributed by atoms with Gasteiger partial charge in [0.25, 0.3) is 0 Å². The van der Waals surface area contributed by atoms with E-state index in [1.165, 1.54) is 0 Å². The molecular formula is C14H12N2O3. The van der Waals surface area contributed by atoms with Gasteiger partial charge in [-0.25, -0.2) is 0 Å². The van der Waals surface area contributed by atoms with Crippen molar-refractivity contribution in [2.45, 2.75) is 0 Å². The van der Waals surface area contributed by atoms with Gasteiger partial charge in [-0.15, -0.1) is 0 Å². The van der Waals surface area contributed by atoms with Crippen LogP contribution < -0.4 is 4.74 Å². The van der Waals surface area contributed by atoms with E-state index in [2.05, 4.69) is 10.2 Å². The summed E-state index contributed by atoms with van der Waals surface area (Å²) in [5.41, 5.74) is 0.585. The molecule has 5 nitrogen and oxygen atoms in total. The van der Waals surface area contributed by atoms with Crippen molar-refractivity contribution in [1.29, 1.82) is 0 Å². The van der Waals surface area contributed by atoms with E-state index in [0.717, 1.165) is 5.75 Å². The third kappa shape index (κ3) is 4.23. The molecule has 96 valence electrons. The molecular weight excluding hydrogens is 244 g/mol. The maximum atomic E-state index is 10.3. The quantitative estimate of drug-likeness (QED) is 0.830. The van der Waals surface area contributed by atoms with Gasteiger partial charge in [-0.3, -0.25) is 4.79 Å². The highest BCUT2D eigenvalue weighted by Crippen LogP contribution is 2.23. The number of aliphatic carboxylic acids is 1. The molecule has 0 saturated carbocycles. The van der Waals surface area contributed by atoms with Crippen molar-refractivity contribution in [3.63, 3.8) is 0 Å². The van der Waals surface area contributed by atoms with Gasteiger partial charge in [0.1, 0.15) is 11.5 Å². The second-order valence-corrected chi connectivity index (χ2v) is 3.70. The second kappa shape index (κ2) is 6.30. The molecule has 2 aromatic carbocycles. The van der Waals surface area contributed by atoms with Gasteiger partial charge in [0.15, 0.2) is 6.54 Å². The zero-order valence-corrected chi connectivity index (χ0v) is 10.1. The van der Waals surface area contributed by atoms with Crippen molar-refractivity contribution in [2.24, 2.45) is 10.2 Å². The van der Waals surface area contributed by atoms with E-state index in [4.69, 9.17) is 9.84 Å². The molecule has 5 heteroatoms. The van der Waals surface area contributed by atoms with Gasteiger partial charge in [0.2, 0.25) is 0 Å². The third-order valence-corrected chi connectivity index (χ3v) is 2.21. The fourth-order valence-corrected chi connectivity index (χ4v) is 1.38. The zero-order chi connectivity index (χ0) is 13.5. The average molecular weight is 256 g/mol. The van der Waals surface area contributed by atoms with E-state index in [-0.39, 0.29) is 6.54 Å². The fraction of sp³-hybridized carbons (Fsp3) is 0.0714. The average Bonchev–Trinajstić information content (AvgIpc) is 2.42. The number of carbonyl (C=O) groups is 1. The number of ether oxygens (including phenoxy) is 1. The SMILES string of the molecule is O=C(O)CN=Nc1ccc(Oc2ccccc2)cc1. The molecule has 0 heterocycles. The topological polar surface area (TPSA) is 71.2 Å². The first-order chi connectivity index (χ1) is 9.24. The Bertz CT molecular complexity index is 565. The monoisotopic (exact) mass is 256 g/mol. The van der Waals surface area contributed by atoms with Crippen LogP contribution in [0.15, 0.2) is 64.8 Å². The molecule has 0 aliphatic rings. The van der Waals surface area contributed by atoms with Crippen molar-refractivity contribution < 1.29 is 14.6 Å². The Morgan fingerprint density at radius 3 is 2.26 bits per heavy atom. The Morgan fingerprint density at radius 2 is 1.63 bits per heavy atom. The van der Waals surface area contributed by atoms with Crippen LogP contribution in [0.2, 0.25) is 0 Å². The number of azo groups is 1. The number of rotatable bonds is 5. The van der Waals surface area contributed by atoms with Gasteiger partial charge in [-0.05, 0) is 36.4 Å². The molecule has 0 bridgehead atoms. The molecule has 0 spiro atoms. The predicted octanol–water partition coefficient (Wildman–Crippen LogP) is 3.65. The van der Waals surface area contributed by atoms with E-state index in [9.17, 15) is 4.79 Å². The number of carboxylic acids is 1. The van der Waals surface area contributed by atoms with Crippen LogP contribution in [-0.4, -0.2) is 17.6 Å². The first-order valence-corrected chi connectivity index (χ1v) is 5.66. The largest absolute Gasteiger partial charge is 0.480 e. The summed E-state index contributed by atoms with van der Waals surface area (Å²) in [7, 11) is 0. The molecule has 1 N–H and O–H groups in total. The lowest BCUT2D eigenvalue weighted by Gasteiger charge is -2.04. The Balaban J connectivity index is 1.98. The van der Waals surface area contributed by atoms with E-state index in [1.54, 1.807) is 24.3 Å². The Labute approximate surface area is 110 Å². The summed E-state index contributed by atoms with van der Waals surface area (Å²) in [6, 6.07) is 16.4. The van der Waals surface area contributed by atoms with E-state index in [1.807, 2.05) is 30.3 Å². The van der Waals surface area contributed by atoms with Crippen LogP contribution in [0.3, 0.4) is 0 Å². The Hall–Kier alpha value is -2.69.